The molecular formula is C13H25NO. The Kier molecular flexibility index (Phi) is 3.68. The Bertz CT molecular complexity index is 195. The van der Waals surface area contributed by atoms with E-state index < -0.39 is 0 Å². The molecule has 0 radical (unpaired) electrons. The maximum absolute atomic E-state index is 5.47. The van der Waals surface area contributed by atoms with Crippen LogP contribution in [0.2, 0.25) is 0 Å². The summed E-state index contributed by atoms with van der Waals surface area (Å²) in [6.45, 7) is 7.81. The summed E-state index contributed by atoms with van der Waals surface area (Å²) in [5, 5.41) is 3.79. The average molecular weight is 211 g/mol. The standard InChI is InChI=1S/C13H25NO/c1-3-12(11-5-8-15-9-11)14-10-13(4-2)6-7-13/h11-12,14H,3-10H2,1-2H3. The van der Waals surface area contributed by atoms with Crippen molar-refractivity contribution in [3.8, 4) is 0 Å². The summed E-state index contributed by atoms with van der Waals surface area (Å²) in [5.41, 5.74) is 0.673. The van der Waals surface area contributed by atoms with Crippen molar-refractivity contribution in [2.75, 3.05) is 19.8 Å². The fourth-order valence-corrected chi connectivity index (χ4v) is 2.69. The molecule has 0 amide bonds. The van der Waals surface area contributed by atoms with Gasteiger partial charge >= 0.3 is 0 Å². The summed E-state index contributed by atoms with van der Waals surface area (Å²) in [4.78, 5) is 0. The largest absolute Gasteiger partial charge is 0.381 e. The third-order valence-electron chi connectivity index (χ3n) is 4.42. The van der Waals surface area contributed by atoms with Crippen LogP contribution in [0.15, 0.2) is 0 Å². The van der Waals surface area contributed by atoms with Gasteiger partial charge in [0, 0.05) is 19.2 Å². The zero-order chi connectivity index (χ0) is 10.7. The first-order valence-electron chi connectivity index (χ1n) is 6.61. The highest BCUT2D eigenvalue weighted by molar-refractivity contribution is 4.95. The van der Waals surface area contributed by atoms with E-state index in [2.05, 4.69) is 19.2 Å². The predicted molar refractivity (Wildman–Crippen MR) is 63.0 cm³/mol. The van der Waals surface area contributed by atoms with Crippen LogP contribution in [0.4, 0.5) is 0 Å². The molecule has 2 rings (SSSR count). The van der Waals surface area contributed by atoms with E-state index in [0.717, 1.165) is 19.1 Å². The van der Waals surface area contributed by atoms with Gasteiger partial charge in [-0.1, -0.05) is 13.8 Å². The van der Waals surface area contributed by atoms with E-state index in [-0.39, 0.29) is 0 Å². The Balaban J connectivity index is 1.75. The zero-order valence-corrected chi connectivity index (χ0v) is 10.2. The van der Waals surface area contributed by atoms with E-state index >= 15 is 0 Å². The number of rotatable bonds is 6. The van der Waals surface area contributed by atoms with Crippen LogP contribution in [0.25, 0.3) is 0 Å². The van der Waals surface area contributed by atoms with Gasteiger partial charge in [0.05, 0.1) is 6.61 Å². The van der Waals surface area contributed by atoms with Gasteiger partial charge in [0.25, 0.3) is 0 Å². The van der Waals surface area contributed by atoms with Gasteiger partial charge in [0.15, 0.2) is 0 Å². The first-order valence-corrected chi connectivity index (χ1v) is 6.61. The van der Waals surface area contributed by atoms with Crippen molar-refractivity contribution >= 4 is 0 Å². The molecule has 0 bridgehead atoms. The lowest BCUT2D eigenvalue weighted by Gasteiger charge is -2.25. The first-order chi connectivity index (χ1) is 7.29. The molecule has 1 aliphatic heterocycles. The molecule has 2 atom stereocenters. The van der Waals surface area contributed by atoms with Gasteiger partial charge in [-0.2, -0.15) is 0 Å². The van der Waals surface area contributed by atoms with E-state index in [4.69, 9.17) is 4.74 Å². The van der Waals surface area contributed by atoms with Crippen LogP contribution in [-0.4, -0.2) is 25.8 Å². The molecule has 1 N–H and O–H groups in total. The molecule has 2 unspecified atom stereocenters. The molecule has 2 aliphatic rings. The van der Waals surface area contributed by atoms with E-state index in [0.29, 0.717) is 11.5 Å². The molecule has 1 saturated carbocycles. The van der Waals surface area contributed by atoms with Crippen LogP contribution in [0, 0.1) is 11.3 Å². The van der Waals surface area contributed by atoms with Gasteiger partial charge in [-0.05, 0) is 43.4 Å². The van der Waals surface area contributed by atoms with Crippen molar-refractivity contribution in [3.63, 3.8) is 0 Å². The van der Waals surface area contributed by atoms with E-state index in [9.17, 15) is 0 Å². The Morgan fingerprint density at radius 3 is 2.67 bits per heavy atom. The van der Waals surface area contributed by atoms with Gasteiger partial charge in [0.1, 0.15) is 0 Å². The molecule has 2 heteroatoms. The maximum atomic E-state index is 5.47. The fraction of sp³-hybridized carbons (Fsp3) is 1.00. The minimum absolute atomic E-state index is 0.673. The molecule has 1 aliphatic carbocycles. The van der Waals surface area contributed by atoms with Crippen molar-refractivity contribution in [1.29, 1.82) is 0 Å². The van der Waals surface area contributed by atoms with Crippen molar-refractivity contribution in [1.82, 2.24) is 5.32 Å². The van der Waals surface area contributed by atoms with E-state index in [1.165, 1.54) is 38.6 Å². The maximum Gasteiger partial charge on any atom is 0.0509 e. The van der Waals surface area contributed by atoms with Crippen LogP contribution in [0.3, 0.4) is 0 Å². The van der Waals surface area contributed by atoms with Crippen LogP contribution < -0.4 is 5.32 Å². The highest BCUT2D eigenvalue weighted by atomic mass is 16.5. The highest BCUT2D eigenvalue weighted by Gasteiger charge is 2.40. The third kappa shape index (κ3) is 2.73. The second-order valence-electron chi connectivity index (χ2n) is 5.37. The number of nitrogens with one attached hydrogen (secondary N) is 1. The number of hydrogen-bond acceptors (Lipinski definition) is 2. The molecule has 2 fully saturated rings. The van der Waals surface area contributed by atoms with E-state index in [1.54, 1.807) is 0 Å². The fourth-order valence-electron chi connectivity index (χ4n) is 2.69. The van der Waals surface area contributed by atoms with Crippen molar-refractivity contribution in [3.05, 3.63) is 0 Å². The first kappa shape index (κ1) is 11.4. The van der Waals surface area contributed by atoms with E-state index in [1.807, 2.05) is 0 Å². The molecule has 88 valence electrons. The second kappa shape index (κ2) is 4.84. The SMILES string of the molecule is CCC(NCC1(CC)CC1)C1CCOC1. The summed E-state index contributed by atoms with van der Waals surface area (Å²) in [5.74, 6) is 0.766. The minimum Gasteiger partial charge on any atom is -0.381 e. The molecule has 0 aromatic heterocycles. The second-order valence-corrected chi connectivity index (χ2v) is 5.37. The molecule has 1 heterocycles. The quantitative estimate of drug-likeness (QED) is 0.729. The molecule has 15 heavy (non-hydrogen) atoms. The van der Waals surface area contributed by atoms with Crippen LogP contribution in [-0.2, 0) is 4.74 Å². The summed E-state index contributed by atoms with van der Waals surface area (Å²) in [6.07, 6.45) is 6.72. The predicted octanol–water partition coefficient (Wildman–Crippen LogP) is 2.58. The zero-order valence-electron chi connectivity index (χ0n) is 10.2. The lowest BCUT2D eigenvalue weighted by Crippen LogP contribution is -2.39. The Hall–Kier alpha value is -0.0800. The molecule has 2 nitrogen and oxygen atoms in total. The monoisotopic (exact) mass is 211 g/mol. The molecular weight excluding hydrogens is 186 g/mol. The lowest BCUT2D eigenvalue weighted by atomic mass is 9.95. The van der Waals surface area contributed by atoms with Gasteiger partial charge in [-0.15, -0.1) is 0 Å². The molecule has 0 spiro atoms. The average Bonchev–Trinajstić information content (AvgIpc) is 2.85. The summed E-state index contributed by atoms with van der Waals surface area (Å²) in [7, 11) is 0. The molecule has 0 aromatic carbocycles. The Morgan fingerprint density at radius 2 is 2.20 bits per heavy atom. The van der Waals surface area contributed by atoms with Gasteiger partial charge in [0.2, 0.25) is 0 Å². The van der Waals surface area contributed by atoms with Crippen molar-refractivity contribution < 1.29 is 4.74 Å². The summed E-state index contributed by atoms with van der Waals surface area (Å²) in [6, 6.07) is 0.691. The van der Waals surface area contributed by atoms with Crippen molar-refractivity contribution in [2.45, 2.75) is 52.0 Å². The number of hydrogen-bond donors (Lipinski definition) is 1. The smallest absolute Gasteiger partial charge is 0.0509 e. The third-order valence-corrected chi connectivity index (χ3v) is 4.42. The topological polar surface area (TPSA) is 21.3 Å². The minimum atomic E-state index is 0.673. The van der Waals surface area contributed by atoms with Gasteiger partial charge in [-0.25, -0.2) is 0 Å². The highest BCUT2D eigenvalue weighted by Crippen LogP contribution is 2.48. The van der Waals surface area contributed by atoms with Crippen LogP contribution in [0.5, 0.6) is 0 Å². The van der Waals surface area contributed by atoms with Crippen LogP contribution in [0.1, 0.15) is 46.0 Å². The Labute approximate surface area is 93.8 Å². The number of ether oxygens (including phenoxy) is 1. The van der Waals surface area contributed by atoms with Crippen LogP contribution >= 0.6 is 0 Å². The Morgan fingerprint density at radius 1 is 1.40 bits per heavy atom. The summed E-state index contributed by atoms with van der Waals surface area (Å²) < 4.78 is 5.47. The summed E-state index contributed by atoms with van der Waals surface area (Å²) >= 11 is 0. The molecule has 1 saturated heterocycles. The normalized spacial score (nSPS) is 30.4. The van der Waals surface area contributed by atoms with Gasteiger partial charge < -0.3 is 10.1 Å². The van der Waals surface area contributed by atoms with Crippen molar-refractivity contribution in [2.24, 2.45) is 11.3 Å². The van der Waals surface area contributed by atoms with Gasteiger partial charge in [-0.3, -0.25) is 0 Å². The lowest BCUT2D eigenvalue weighted by molar-refractivity contribution is 0.174. The molecule has 0 aromatic rings.